The predicted molar refractivity (Wildman–Crippen MR) is 124 cm³/mol. The third-order valence-corrected chi connectivity index (χ3v) is 6.47. The molecule has 7 nitrogen and oxygen atoms in total. The number of thioether (sulfide) groups is 1. The Hall–Kier alpha value is -2.61. The molecule has 0 aliphatic carbocycles. The number of piperidine rings is 1. The van der Waals surface area contributed by atoms with E-state index in [1.165, 1.54) is 17.3 Å². The first kappa shape index (κ1) is 23.1. The second kappa shape index (κ2) is 9.68. The molecule has 0 saturated carbocycles. The van der Waals surface area contributed by atoms with E-state index in [9.17, 15) is 9.59 Å². The molecule has 0 radical (unpaired) electrons. The molecule has 1 aliphatic heterocycles. The molecular formula is C23H31N5O2S. The van der Waals surface area contributed by atoms with E-state index in [0.717, 1.165) is 24.2 Å². The summed E-state index contributed by atoms with van der Waals surface area (Å²) in [5, 5.41) is 9.34. The van der Waals surface area contributed by atoms with Crippen molar-refractivity contribution in [2.24, 2.45) is 5.73 Å². The fourth-order valence-electron chi connectivity index (χ4n) is 3.76. The van der Waals surface area contributed by atoms with Gasteiger partial charge in [-0.15, -0.1) is 16.8 Å². The van der Waals surface area contributed by atoms with Gasteiger partial charge >= 0.3 is 0 Å². The Bertz CT molecular complexity index is 946. The summed E-state index contributed by atoms with van der Waals surface area (Å²) in [5.41, 5.74) is 7.78. The van der Waals surface area contributed by atoms with E-state index in [0.29, 0.717) is 24.7 Å². The smallest absolute Gasteiger partial charge is 0.240 e. The van der Waals surface area contributed by atoms with Crippen LogP contribution in [0.25, 0.3) is 11.4 Å². The number of allylic oxidation sites excluding steroid dienone is 1. The molecule has 2 heterocycles. The Morgan fingerprint density at radius 2 is 1.94 bits per heavy atom. The van der Waals surface area contributed by atoms with Crippen LogP contribution >= 0.6 is 11.8 Å². The molecule has 3 rings (SSSR count). The van der Waals surface area contributed by atoms with Crippen molar-refractivity contribution < 1.29 is 9.59 Å². The summed E-state index contributed by atoms with van der Waals surface area (Å²) in [6.45, 7) is 11.5. The summed E-state index contributed by atoms with van der Waals surface area (Å²) in [4.78, 5) is 26.1. The van der Waals surface area contributed by atoms with Crippen LogP contribution in [-0.2, 0) is 21.5 Å². The van der Waals surface area contributed by atoms with Gasteiger partial charge in [0.2, 0.25) is 11.8 Å². The van der Waals surface area contributed by atoms with Crippen LogP contribution < -0.4 is 5.73 Å². The van der Waals surface area contributed by atoms with Gasteiger partial charge in [0.1, 0.15) is 6.04 Å². The fourth-order valence-corrected chi connectivity index (χ4v) is 4.59. The van der Waals surface area contributed by atoms with Crippen molar-refractivity contribution in [3.05, 3.63) is 42.5 Å². The number of aromatic nitrogens is 3. The minimum Gasteiger partial charge on any atom is -0.368 e. The molecule has 1 fully saturated rings. The third-order valence-electron chi connectivity index (χ3n) is 5.51. The Labute approximate surface area is 188 Å². The molecule has 166 valence electrons. The van der Waals surface area contributed by atoms with Gasteiger partial charge in [-0.1, -0.05) is 62.9 Å². The lowest BCUT2D eigenvalue weighted by Crippen LogP contribution is -2.51. The fraction of sp³-hybridized carbons (Fsp3) is 0.478. The van der Waals surface area contributed by atoms with Gasteiger partial charge in [-0.25, -0.2) is 0 Å². The van der Waals surface area contributed by atoms with E-state index in [1.807, 2.05) is 4.57 Å². The number of hydrogen-bond donors (Lipinski definition) is 1. The Morgan fingerprint density at radius 1 is 1.23 bits per heavy atom. The molecule has 0 spiro atoms. The maximum atomic E-state index is 12.8. The van der Waals surface area contributed by atoms with Gasteiger partial charge in [0, 0.05) is 18.7 Å². The summed E-state index contributed by atoms with van der Waals surface area (Å²) in [6, 6.07) is 7.81. The van der Waals surface area contributed by atoms with Crippen LogP contribution in [0.5, 0.6) is 0 Å². The first-order valence-electron chi connectivity index (χ1n) is 10.6. The first-order valence-corrected chi connectivity index (χ1v) is 11.6. The van der Waals surface area contributed by atoms with Crippen LogP contribution in [0.2, 0.25) is 0 Å². The average molecular weight is 442 g/mol. The summed E-state index contributed by atoms with van der Waals surface area (Å²) >= 11 is 1.32. The zero-order valence-corrected chi connectivity index (χ0v) is 19.3. The number of carbonyl (C=O) groups is 2. The van der Waals surface area contributed by atoms with Gasteiger partial charge in [-0.05, 0) is 30.2 Å². The van der Waals surface area contributed by atoms with Gasteiger partial charge in [-0.2, -0.15) is 0 Å². The van der Waals surface area contributed by atoms with E-state index in [2.05, 4.69) is 61.8 Å². The molecule has 1 aromatic heterocycles. The van der Waals surface area contributed by atoms with Crippen molar-refractivity contribution >= 4 is 23.6 Å². The lowest BCUT2D eigenvalue weighted by molar-refractivity contribution is -0.138. The van der Waals surface area contributed by atoms with Crippen molar-refractivity contribution in [2.45, 2.75) is 63.2 Å². The standard InChI is InChI=1S/C23H31N5O2S/c1-5-13-28-21(16-9-11-17(12-10-16)23(2,3)4)25-26-22(28)31-15-19(29)27-14-7-6-8-18(27)20(24)30/h5,9-12,18H,1,6-8,13-15H2,2-4H3,(H2,24,30). The maximum absolute atomic E-state index is 12.8. The van der Waals surface area contributed by atoms with E-state index in [1.54, 1.807) is 11.0 Å². The molecule has 2 N–H and O–H groups in total. The largest absolute Gasteiger partial charge is 0.368 e. The molecule has 0 bridgehead atoms. The van der Waals surface area contributed by atoms with Crippen molar-refractivity contribution in [1.82, 2.24) is 19.7 Å². The number of nitrogens with zero attached hydrogens (tertiary/aromatic N) is 4. The molecule has 8 heteroatoms. The molecule has 31 heavy (non-hydrogen) atoms. The molecular weight excluding hydrogens is 410 g/mol. The number of nitrogens with two attached hydrogens (primary N) is 1. The predicted octanol–water partition coefficient (Wildman–Crippen LogP) is 3.39. The van der Waals surface area contributed by atoms with Crippen molar-refractivity contribution in [2.75, 3.05) is 12.3 Å². The van der Waals surface area contributed by atoms with E-state index in [4.69, 9.17) is 5.73 Å². The molecule has 1 aromatic carbocycles. The van der Waals surface area contributed by atoms with Gasteiger partial charge in [-0.3, -0.25) is 14.2 Å². The van der Waals surface area contributed by atoms with Crippen LogP contribution in [0, 0.1) is 0 Å². The average Bonchev–Trinajstić information content (AvgIpc) is 3.14. The number of primary amides is 1. The van der Waals surface area contributed by atoms with Gasteiger partial charge in [0.05, 0.1) is 5.75 Å². The highest BCUT2D eigenvalue weighted by Gasteiger charge is 2.30. The number of hydrogen-bond acceptors (Lipinski definition) is 5. The molecule has 1 unspecified atom stereocenters. The highest BCUT2D eigenvalue weighted by molar-refractivity contribution is 7.99. The van der Waals surface area contributed by atoms with Crippen molar-refractivity contribution in [3.8, 4) is 11.4 Å². The lowest BCUT2D eigenvalue weighted by Gasteiger charge is -2.33. The monoisotopic (exact) mass is 441 g/mol. The van der Waals surface area contributed by atoms with Crippen LogP contribution in [0.15, 0.2) is 42.1 Å². The van der Waals surface area contributed by atoms with E-state index in [-0.39, 0.29) is 17.1 Å². The minimum atomic E-state index is -0.509. The topological polar surface area (TPSA) is 94.1 Å². The first-order chi connectivity index (χ1) is 14.7. The van der Waals surface area contributed by atoms with Crippen LogP contribution in [-0.4, -0.2) is 49.8 Å². The molecule has 2 amide bonds. The highest BCUT2D eigenvalue weighted by Crippen LogP contribution is 2.28. The summed E-state index contributed by atoms with van der Waals surface area (Å²) in [6.07, 6.45) is 4.22. The number of rotatable bonds is 7. The van der Waals surface area contributed by atoms with Crippen molar-refractivity contribution in [1.29, 1.82) is 0 Å². The molecule has 1 aliphatic rings. The summed E-state index contributed by atoms with van der Waals surface area (Å²) in [5.74, 6) is 0.386. The number of amides is 2. The van der Waals surface area contributed by atoms with Gasteiger partial charge in [0.25, 0.3) is 0 Å². The summed E-state index contributed by atoms with van der Waals surface area (Å²) < 4.78 is 1.96. The molecule has 1 atom stereocenters. The quantitative estimate of drug-likeness (QED) is 0.525. The third kappa shape index (κ3) is 5.36. The van der Waals surface area contributed by atoms with E-state index >= 15 is 0 Å². The van der Waals surface area contributed by atoms with Crippen molar-refractivity contribution in [3.63, 3.8) is 0 Å². The van der Waals surface area contributed by atoms with E-state index < -0.39 is 11.9 Å². The summed E-state index contributed by atoms with van der Waals surface area (Å²) in [7, 11) is 0. The lowest BCUT2D eigenvalue weighted by atomic mass is 9.87. The number of likely N-dealkylation sites (tertiary alicyclic amines) is 1. The normalized spacial score (nSPS) is 16.9. The maximum Gasteiger partial charge on any atom is 0.240 e. The minimum absolute atomic E-state index is 0.0753. The highest BCUT2D eigenvalue weighted by atomic mass is 32.2. The van der Waals surface area contributed by atoms with Gasteiger partial charge < -0.3 is 10.6 Å². The Balaban J connectivity index is 1.77. The second-order valence-electron chi connectivity index (χ2n) is 8.82. The number of benzene rings is 1. The molecule has 1 saturated heterocycles. The van der Waals surface area contributed by atoms with Crippen LogP contribution in [0.3, 0.4) is 0 Å². The zero-order valence-electron chi connectivity index (χ0n) is 18.5. The van der Waals surface area contributed by atoms with Gasteiger partial charge in [0.15, 0.2) is 11.0 Å². The Morgan fingerprint density at radius 3 is 2.55 bits per heavy atom. The van der Waals surface area contributed by atoms with Crippen LogP contribution in [0.4, 0.5) is 0 Å². The number of carbonyl (C=O) groups excluding carboxylic acids is 2. The Kier molecular flexibility index (Phi) is 7.20. The SMILES string of the molecule is C=CCn1c(SCC(=O)N2CCCCC2C(N)=O)nnc1-c1ccc(C(C)(C)C)cc1. The zero-order chi connectivity index (χ0) is 22.6. The second-order valence-corrected chi connectivity index (χ2v) is 9.77. The molecule has 2 aromatic rings. The van der Waals surface area contributed by atoms with Crippen LogP contribution in [0.1, 0.15) is 45.6 Å².